The maximum atomic E-state index is 12.6. The van der Waals surface area contributed by atoms with Gasteiger partial charge in [0.1, 0.15) is 11.0 Å². The Hall–Kier alpha value is -2.86. The molecule has 4 aromatic rings. The number of benzene rings is 2. The molecule has 1 N–H and O–H groups in total. The van der Waals surface area contributed by atoms with Gasteiger partial charge in [-0.15, -0.1) is 0 Å². The summed E-state index contributed by atoms with van der Waals surface area (Å²) in [4.78, 5) is 16.7. The zero-order chi connectivity index (χ0) is 14.9. The Kier molecular flexibility index (Phi) is 3.01. The zero-order valence-electron chi connectivity index (χ0n) is 11.4. The van der Waals surface area contributed by atoms with Crippen LogP contribution in [0.4, 0.5) is 5.69 Å². The summed E-state index contributed by atoms with van der Waals surface area (Å²) >= 11 is 1.11. The second-order valence-corrected chi connectivity index (χ2v) is 5.32. The van der Waals surface area contributed by atoms with Crippen LogP contribution in [-0.2, 0) is 0 Å². The van der Waals surface area contributed by atoms with Gasteiger partial charge in [0.25, 0.3) is 5.91 Å². The average Bonchev–Trinajstić information content (AvgIpc) is 3.03. The first-order valence-corrected chi connectivity index (χ1v) is 7.41. The Balaban J connectivity index is 1.76. The summed E-state index contributed by atoms with van der Waals surface area (Å²) in [6, 6.07) is 13.0. The van der Waals surface area contributed by atoms with E-state index in [1.54, 1.807) is 18.5 Å². The van der Waals surface area contributed by atoms with Gasteiger partial charge >= 0.3 is 0 Å². The fourth-order valence-corrected chi connectivity index (χ4v) is 2.96. The molecule has 1 amide bonds. The van der Waals surface area contributed by atoms with E-state index in [2.05, 4.69) is 19.0 Å². The highest BCUT2D eigenvalue weighted by Gasteiger charge is 2.13. The van der Waals surface area contributed by atoms with Crippen LogP contribution in [0.3, 0.4) is 0 Å². The molecule has 22 heavy (non-hydrogen) atoms. The standard InChI is InChI=1S/C16H10N4OS/c21-16(12-4-2-6-14-15(12)20-22-19-14)18-13-5-1-3-10-9-17-8-7-11(10)13/h1-9H,(H,18,21). The van der Waals surface area contributed by atoms with Gasteiger partial charge in [0.2, 0.25) is 0 Å². The summed E-state index contributed by atoms with van der Waals surface area (Å²) in [6.07, 6.45) is 3.49. The third-order valence-electron chi connectivity index (χ3n) is 3.46. The lowest BCUT2D eigenvalue weighted by Gasteiger charge is -2.08. The number of hydrogen-bond acceptors (Lipinski definition) is 5. The number of fused-ring (bicyclic) bond motifs is 2. The first-order valence-electron chi connectivity index (χ1n) is 6.68. The van der Waals surface area contributed by atoms with Gasteiger partial charge in [-0.3, -0.25) is 9.78 Å². The minimum Gasteiger partial charge on any atom is -0.321 e. The van der Waals surface area contributed by atoms with Crippen molar-refractivity contribution in [1.82, 2.24) is 13.7 Å². The molecule has 0 fully saturated rings. The number of hydrogen-bond donors (Lipinski definition) is 1. The van der Waals surface area contributed by atoms with Crippen LogP contribution in [0.2, 0.25) is 0 Å². The van der Waals surface area contributed by atoms with Crippen LogP contribution in [0, 0.1) is 0 Å². The van der Waals surface area contributed by atoms with Crippen molar-refractivity contribution in [3.8, 4) is 0 Å². The average molecular weight is 306 g/mol. The molecule has 5 nitrogen and oxygen atoms in total. The van der Waals surface area contributed by atoms with Gasteiger partial charge in [-0.05, 0) is 24.3 Å². The van der Waals surface area contributed by atoms with Crippen LogP contribution in [-0.4, -0.2) is 19.6 Å². The van der Waals surface area contributed by atoms with E-state index in [0.717, 1.165) is 33.7 Å². The molecule has 2 aromatic heterocycles. The molecule has 0 aliphatic heterocycles. The molecule has 0 bridgehead atoms. The van der Waals surface area contributed by atoms with Gasteiger partial charge in [-0.25, -0.2) is 0 Å². The Morgan fingerprint density at radius 3 is 2.91 bits per heavy atom. The van der Waals surface area contributed by atoms with Crippen molar-refractivity contribution in [3.05, 3.63) is 60.4 Å². The zero-order valence-corrected chi connectivity index (χ0v) is 12.2. The number of carbonyl (C=O) groups is 1. The van der Waals surface area contributed by atoms with E-state index >= 15 is 0 Å². The summed E-state index contributed by atoms with van der Waals surface area (Å²) in [5.74, 6) is -0.192. The third kappa shape index (κ3) is 2.10. The Labute approximate surface area is 130 Å². The summed E-state index contributed by atoms with van der Waals surface area (Å²) in [6.45, 7) is 0. The first-order chi connectivity index (χ1) is 10.8. The maximum Gasteiger partial charge on any atom is 0.257 e. The van der Waals surface area contributed by atoms with Gasteiger partial charge < -0.3 is 5.32 Å². The largest absolute Gasteiger partial charge is 0.321 e. The van der Waals surface area contributed by atoms with Gasteiger partial charge in [0.15, 0.2) is 0 Å². The van der Waals surface area contributed by atoms with E-state index in [-0.39, 0.29) is 5.91 Å². The molecule has 4 rings (SSSR count). The Morgan fingerprint density at radius 2 is 1.95 bits per heavy atom. The number of rotatable bonds is 2. The molecule has 0 spiro atoms. The number of anilines is 1. The molecule has 2 heterocycles. The van der Waals surface area contributed by atoms with E-state index in [0.29, 0.717) is 11.1 Å². The molecule has 0 aliphatic rings. The van der Waals surface area contributed by atoms with Crippen molar-refractivity contribution in [2.75, 3.05) is 5.32 Å². The number of aromatic nitrogens is 3. The van der Waals surface area contributed by atoms with Crippen LogP contribution >= 0.6 is 11.7 Å². The maximum absolute atomic E-state index is 12.6. The van der Waals surface area contributed by atoms with Crippen LogP contribution in [0.5, 0.6) is 0 Å². The molecular weight excluding hydrogens is 296 g/mol. The van der Waals surface area contributed by atoms with Crippen molar-refractivity contribution in [3.63, 3.8) is 0 Å². The predicted molar refractivity (Wildman–Crippen MR) is 87.1 cm³/mol. The van der Waals surface area contributed by atoms with Crippen LogP contribution in [0.25, 0.3) is 21.8 Å². The van der Waals surface area contributed by atoms with E-state index in [9.17, 15) is 4.79 Å². The molecule has 0 saturated carbocycles. The fraction of sp³-hybridized carbons (Fsp3) is 0. The van der Waals surface area contributed by atoms with E-state index in [1.165, 1.54) is 0 Å². The minimum atomic E-state index is -0.192. The Bertz CT molecular complexity index is 990. The number of nitrogens with one attached hydrogen (secondary N) is 1. The summed E-state index contributed by atoms with van der Waals surface area (Å²) in [5.41, 5.74) is 2.65. The van der Waals surface area contributed by atoms with Crippen molar-refractivity contribution in [2.24, 2.45) is 0 Å². The quantitative estimate of drug-likeness (QED) is 0.615. The van der Waals surface area contributed by atoms with Gasteiger partial charge in [0, 0.05) is 28.9 Å². The topological polar surface area (TPSA) is 67.8 Å². The van der Waals surface area contributed by atoms with Gasteiger partial charge in [-0.1, -0.05) is 18.2 Å². The van der Waals surface area contributed by atoms with Crippen molar-refractivity contribution >= 4 is 45.1 Å². The van der Waals surface area contributed by atoms with Crippen molar-refractivity contribution < 1.29 is 4.79 Å². The molecule has 0 saturated heterocycles. The number of amides is 1. The number of carbonyl (C=O) groups excluding carboxylic acids is 1. The monoisotopic (exact) mass is 306 g/mol. The molecular formula is C16H10N4OS. The highest BCUT2D eigenvalue weighted by atomic mass is 32.1. The van der Waals surface area contributed by atoms with E-state index in [1.807, 2.05) is 36.4 Å². The second-order valence-electron chi connectivity index (χ2n) is 4.79. The number of nitrogens with zero attached hydrogens (tertiary/aromatic N) is 3. The number of pyridine rings is 1. The first kappa shape index (κ1) is 12.8. The lowest BCUT2D eigenvalue weighted by Crippen LogP contribution is -2.12. The highest BCUT2D eigenvalue weighted by Crippen LogP contribution is 2.24. The van der Waals surface area contributed by atoms with Crippen LogP contribution in [0.1, 0.15) is 10.4 Å². The molecule has 0 radical (unpaired) electrons. The van der Waals surface area contributed by atoms with E-state index in [4.69, 9.17) is 0 Å². The second kappa shape index (κ2) is 5.16. The molecule has 0 atom stereocenters. The normalized spacial score (nSPS) is 10.9. The van der Waals surface area contributed by atoms with Gasteiger partial charge in [0.05, 0.1) is 17.3 Å². The third-order valence-corrected chi connectivity index (χ3v) is 4.00. The summed E-state index contributed by atoms with van der Waals surface area (Å²) in [7, 11) is 0. The van der Waals surface area contributed by atoms with Crippen molar-refractivity contribution in [2.45, 2.75) is 0 Å². The molecule has 0 unspecified atom stereocenters. The van der Waals surface area contributed by atoms with E-state index < -0.39 is 0 Å². The van der Waals surface area contributed by atoms with Gasteiger partial charge in [-0.2, -0.15) is 8.75 Å². The van der Waals surface area contributed by atoms with Crippen LogP contribution in [0.15, 0.2) is 54.9 Å². The Morgan fingerprint density at radius 1 is 1.05 bits per heavy atom. The SMILES string of the molecule is O=C(Nc1cccc2cnccc12)c1cccc2nsnc12. The predicted octanol–water partition coefficient (Wildman–Crippen LogP) is 3.49. The lowest BCUT2D eigenvalue weighted by atomic mass is 10.1. The highest BCUT2D eigenvalue weighted by molar-refractivity contribution is 7.00. The minimum absolute atomic E-state index is 0.192. The summed E-state index contributed by atoms with van der Waals surface area (Å²) in [5, 5.41) is 4.89. The molecule has 106 valence electrons. The molecule has 0 aliphatic carbocycles. The smallest absolute Gasteiger partial charge is 0.257 e. The molecule has 2 aromatic carbocycles. The lowest BCUT2D eigenvalue weighted by molar-refractivity contribution is 0.102. The summed E-state index contributed by atoms with van der Waals surface area (Å²) < 4.78 is 8.36. The molecule has 6 heteroatoms. The van der Waals surface area contributed by atoms with Crippen LogP contribution < -0.4 is 5.32 Å². The fourth-order valence-electron chi connectivity index (χ4n) is 2.41. The van der Waals surface area contributed by atoms with Crippen molar-refractivity contribution in [1.29, 1.82) is 0 Å².